The van der Waals surface area contributed by atoms with Crippen molar-refractivity contribution in [2.75, 3.05) is 0 Å². The van der Waals surface area contributed by atoms with E-state index in [4.69, 9.17) is 4.74 Å². The summed E-state index contributed by atoms with van der Waals surface area (Å²) in [6, 6.07) is 35.2. The van der Waals surface area contributed by atoms with E-state index >= 15 is 0 Å². The summed E-state index contributed by atoms with van der Waals surface area (Å²) in [5, 5.41) is 5.46. The van der Waals surface area contributed by atoms with Gasteiger partial charge in [0, 0.05) is 0 Å². The molecule has 5 rings (SSSR count). The molecule has 0 aliphatic carbocycles. The van der Waals surface area contributed by atoms with Gasteiger partial charge < -0.3 is 4.74 Å². The Morgan fingerprint density at radius 1 is 0.500 bits per heavy atom. The molecule has 0 fully saturated rings. The molecule has 2 heteroatoms. The molecule has 0 N–H and O–H groups in total. The van der Waals surface area contributed by atoms with Crippen LogP contribution in [0.3, 0.4) is 0 Å². The first-order valence-corrected chi connectivity index (χ1v) is 11.7. The number of fused-ring (bicyclic) bond motifs is 2. The second kappa shape index (κ2) is 6.50. The monoisotopic (exact) mass is 378 g/mol. The van der Waals surface area contributed by atoms with Crippen molar-refractivity contribution in [2.24, 2.45) is 0 Å². The first kappa shape index (κ1) is 17.0. The highest BCUT2D eigenvalue weighted by Gasteiger charge is 2.48. The fraction of sp³-hybridized carbons (Fsp3) is 0.0769. The van der Waals surface area contributed by atoms with Gasteiger partial charge >= 0.3 is 0 Å². The summed E-state index contributed by atoms with van der Waals surface area (Å²) in [7, 11) is -2.46. The molecule has 0 saturated heterocycles. The number of aryl methyl sites for hydroxylation is 2. The van der Waals surface area contributed by atoms with Crippen LogP contribution in [0.25, 0.3) is 0 Å². The van der Waals surface area contributed by atoms with E-state index in [9.17, 15) is 0 Å². The minimum Gasteiger partial charge on any atom is -0.457 e. The van der Waals surface area contributed by atoms with Crippen molar-refractivity contribution in [1.82, 2.24) is 0 Å². The summed E-state index contributed by atoms with van der Waals surface area (Å²) in [6.07, 6.45) is 0. The van der Waals surface area contributed by atoms with Crippen LogP contribution in [0, 0.1) is 13.8 Å². The summed E-state index contributed by atoms with van der Waals surface area (Å²) in [5.74, 6) is 2.06. The van der Waals surface area contributed by atoms with Crippen molar-refractivity contribution >= 4 is 28.8 Å². The van der Waals surface area contributed by atoms with Gasteiger partial charge in [0.2, 0.25) is 0 Å². The van der Waals surface area contributed by atoms with Crippen LogP contribution in [0.15, 0.2) is 97.1 Å². The van der Waals surface area contributed by atoms with Gasteiger partial charge in [0.05, 0.1) is 0 Å². The first-order valence-electron chi connectivity index (χ1n) is 9.72. The minimum absolute atomic E-state index is 1.03. The standard InChI is InChI=1S/C26H22OSi/c1-19-11-9-17-23-25(19)27-26-20(2)12-10-18-24(26)28(23,21-13-5-3-6-14-21)22-15-7-4-8-16-22/h3-18H,1-2H3. The maximum Gasteiger partial charge on any atom is 0.188 e. The van der Waals surface area contributed by atoms with E-state index in [-0.39, 0.29) is 0 Å². The second-order valence-corrected chi connectivity index (χ2v) is 11.2. The normalized spacial score (nSPS) is 13.9. The Balaban J connectivity index is 2.00. The van der Waals surface area contributed by atoms with Crippen molar-refractivity contribution in [3.8, 4) is 11.5 Å². The molecule has 0 unspecified atom stereocenters. The third-order valence-corrected chi connectivity index (χ3v) is 10.7. The summed E-state index contributed by atoms with van der Waals surface area (Å²) in [4.78, 5) is 0. The van der Waals surface area contributed by atoms with Gasteiger partial charge in [-0.15, -0.1) is 0 Å². The van der Waals surface area contributed by atoms with Gasteiger partial charge in [-0.2, -0.15) is 0 Å². The van der Waals surface area contributed by atoms with E-state index < -0.39 is 8.07 Å². The molecule has 0 atom stereocenters. The Labute approximate surface area is 167 Å². The molecule has 136 valence electrons. The fourth-order valence-electron chi connectivity index (χ4n) is 4.58. The van der Waals surface area contributed by atoms with Crippen LogP contribution in [0.4, 0.5) is 0 Å². The van der Waals surface area contributed by atoms with Gasteiger partial charge in [-0.05, 0) is 45.7 Å². The van der Waals surface area contributed by atoms with E-state index in [0.717, 1.165) is 11.5 Å². The molecule has 4 aromatic rings. The SMILES string of the molecule is Cc1cccc2c1Oc1c(C)cccc1[Si]2(c1ccccc1)c1ccccc1. The third-order valence-electron chi connectivity index (χ3n) is 5.85. The molecule has 0 aromatic heterocycles. The molecule has 0 bridgehead atoms. The van der Waals surface area contributed by atoms with E-state index in [2.05, 4.69) is 111 Å². The Morgan fingerprint density at radius 3 is 1.36 bits per heavy atom. The predicted octanol–water partition coefficient (Wildman–Crippen LogP) is 3.79. The zero-order valence-electron chi connectivity index (χ0n) is 16.1. The molecular weight excluding hydrogens is 356 g/mol. The van der Waals surface area contributed by atoms with Crippen molar-refractivity contribution in [3.63, 3.8) is 0 Å². The maximum absolute atomic E-state index is 6.57. The smallest absolute Gasteiger partial charge is 0.188 e. The highest BCUT2D eigenvalue weighted by Crippen LogP contribution is 2.33. The molecule has 1 aliphatic rings. The molecule has 28 heavy (non-hydrogen) atoms. The van der Waals surface area contributed by atoms with Gasteiger partial charge in [-0.3, -0.25) is 0 Å². The number of rotatable bonds is 2. The number of hydrogen-bond donors (Lipinski definition) is 0. The number of para-hydroxylation sites is 2. The van der Waals surface area contributed by atoms with Crippen LogP contribution in [-0.2, 0) is 0 Å². The quantitative estimate of drug-likeness (QED) is 0.425. The molecular formula is C26H22OSi. The van der Waals surface area contributed by atoms with Gasteiger partial charge in [0.15, 0.2) is 8.07 Å². The third kappa shape index (κ3) is 2.31. The zero-order chi connectivity index (χ0) is 19.1. The van der Waals surface area contributed by atoms with Gasteiger partial charge in [0.1, 0.15) is 11.5 Å². The molecule has 0 amide bonds. The highest BCUT2D eigenvalue weighted by atomic mass is 28.3. The molecule has 4 aromatic carbocycles. The summed E-state index contributed by atoms with van der Waals surface area (Å²) in [6.45, 7) is 4.30. The highest BCUT2D eigenvalue weighted by molar-refractivity contribution is 7.20. The summed E-state index contributed by atoms with van der Waals surface area (Å²) >= 11 is 0. The van der Waals surface area contributed by atoms with E-state index in [1.165, 1.54) is 31.9 Å². The van der Waals surface area contributed by atoms with Gasteiger partial charge in [0.25, 0.3) is 0 Å². The number of benzene rings is 4. The molecule has 1 heterocycles. The Bertz CT molecular complexity index is 1060. The lowest BCUT2D eigenvalue weighted by atomic mass is 10.2. The van der Waals surface area contributed by atoms with Gasteiger partial charge in [-0.25, -0.2) is 0 Å². The number of hydrogen-bond acceptors (Lipinski definition) is 1. The largest absolute Gasteiger partial charge is 0.457 e. The first-order chi connectivity index (χ1) is 13.7. The summed E-state index contributed by atoms with van der Waals surface area (Å²) in [5.41, 5.74) is 2.38. The predicted molar refractivity (Wildman–Crippen MR) is 120 cm³/mol. The van der Waals surface area contributed by atoms with Crippen molar-refractivity contribution in [3.05, 3.63) is 108 Å². The van der Waals surface area contributed by atoms with Gasteiger partial charge in [-0.1, -0.05) is 97.1 Å². The van der Waals surface area contributed by atoms with E-state index in [1.807, 2.05) is 0 Å². The molecule has 1 aliphatic heterocycles. The van der Waals surface area contributed by atoms with Crippen LogP contribution in [0.2, 0.25) is 0 Å². The average Bonchev–Trinajstić information content (AvgIpc) is 2.75. The van der Waals surface area contributed by atoms with Crippen molar-refractivity contribution < 1.29 is 4.74 Å². The summed E-state index contributed by atoms with van der Waals surface area (Å²) < 4.78 is 6.57. The second-order valence-electron chi connectivity index (χ2n) is 7.49. The lowest BCUT2D eigenvalue weighted by Gasteiger charge is -2.40. The lowest BCUT2D eigenvalue weighted by Crippen LogP contribution is -2.76. The number of ether oxygens (including phenoxy) is 1. The van der Waals surface area contributed by atoms with Crippen LogP contribution in [0.5, 0.6) is 11.5 Å². The molecule has 0 spiro atoms. The molecule has 0 saturated carbocycles. The average molecular weight is 379 g/mol. The Morgan fingerprint density at radius 2 is 0.929 bits per heavy atom. The van der Waals surface area contributed by atoms with Crippen LogP contribution < -0.4 is 25.5 Å². The van der Waals surface area contributed by atoms with Crippen molar-refractivity contribution in [2.45, 2.75) is 13.8 Å². The Hall–Kier alpha value is -3.10. The Kier molecular flexibility index (Phi) is 3.95. The van der Waals surface area contributed by atoms with Crippen molar-refractivity contribution in [1.29, 1.82) is 0 Å². The molecule has 0 radical (unpaired) electrons. The molecule has 1 nitrogen and oxygen atoms in total. The lowest BCUT2D eigenvalue weighted by molar-refractivity contribution is 0.479. The van der Waals surface area contributed by atoms with Crippen LogP contribution in [0.1, 0.15) is 11.1 Å². The van der Waals surface area contributed by atoms with Crippen LogP contribution >= 0.6 is 0 Å². The topological polar surface area (TPSA) is 9.23 Å². The minimum atomic E-state index is -2.46. The fourth-order valence-corrected chi connectivity index (χ4v) is 9.70. The zero-order valence-corrected chi connectivity index (χ0v) is 17.1. The van der Waals surface area contributed by atoms with E-state index in [1.54, 1.807) is 0 Å². The van der Waals surface area contributed by atoms with E-state index in [0.29, 0.717) is 0 Å². The van der Waals surface area contributed by atoms with Crippen LogP contribution in [-0.4, -0.2) is 8.07 Å². The maximum atomic E-state index is 6.57.